The van der Waals surface area contributed by atoms with E-state index in [1.165, 1.54) is 19.3 Å². The third kappa shape index (κ3) is 3.11. The number of hydrogen-bond donors (Lipinski definition) is 0. The Kier molecular flexibility index (Phi) is 4.01. The van der Waals surface area contributed by atoms with Crippen LogP contribution < -0.4 is 0 Å². The fraction of sp³-hybridized carbons (Fsp3) is 1.00. The molecule has 3 aliphatic rings. The molecule has 0 aromatic rings. The summed E-state index contributed by atoms with van der Waals surface area (Å²) >= 11 is 0. The fourth-order valence-electron chi connectivity index (χ4n) is 4.59. The molecule has 18 heavy (non-hydrogen) atoms. The molecule has 0 heterocycles. The molecule has 0 aromatic carbocycles. The number of hydrogen-bond acceptors (Lipinski definition) is 0. The minimum absolute atomic E-state index is 1.10. The molecule has 0 spiro atoms. The van der Waals surface area contributed by atoms with Gasteiger partial charge in [0.2, 0.25) is 0 Å². The Bertz CT molecular complexity index is 259. The van der Waals surface area contributed by atoms with Crippen LogP contribution in [-0.2, 0) is 0 Å². The first-order valence-corrected chi connectivity index (χ1v) is 8.80. The molecule has 3 aliphatic carbocycles. The van der Waals surface area contributed by atoms with E-state index in [-0.39, 0.29) is 0 Å². The molecular weight excluding hydrogens is 216 g/mol. The Labute approximate surface area is 114 Å². The smallest absolute Gasteiger partial charge is 0.0380 e. The van der Waals surface area contributed by atoms with Crippen molar-refractivity contribution in [2.75, 3.05) is 0 Å². The van der Waals surface area contributed by atoms with Gasteiger partial charge < -0.3 is 0 Å². The quantitative estimate of drug-likeness (QED) is 0.519. The van der Waals surface area contributed by atoms with Crippen molar-refractivity contribution in [2.45, 2.75) is 78.1 Å². The molecule has 0 N–H and O–H groups in total. The zero-order valence-electron chi connectivity index (χ0n) is 12.5. The highest BCUT2D eigenvalue weighted by Gasteiger charge is 2.42. The second kappa shape index (κ2) is 5.55. The van der Waals surface area contributed by atoms with Gasteiger partial charge in [0, 0.05) is 0 Å². The molecule has 0 nitrogen and oxygen atoms in total. The standard InChI is InChI=1S/C18H32/c1-3-5-16-12-18(16)11-14-9-17(10-14)15(4-2)8-13-6-7-13/h13-18H,3-12H2,1-2H3. The Balaban J connectivity index is 1.32. The molecule has 0 radical (unpaired) electrons. The van der Waals surface area contributed by atoms with E-state index in [1.807, 2.05) is 0 Å². The van der Waals surface area contributed by atoms with E-state index in [9.17, 15) is 0 Å². The van der Waals surface area contributed by atoms with Crippen LogP contribution in [0.15, 0.2) is 0 Å². The van der Waals surface area contributed by atoms with Gasteiger partial charge in [0.05, 0.1) is 0 Å². The minimum Gasteiger partial charge on any atom is -0.0654 e. The van der Waals surface area contributed by atoms with Crippen LogP contribution in [0.25, 0.3) is 0 Å². The zero-order valence-corrected chi connectivity index (χ0v) is 12.5. The Morgan fingerprint density at radius 1 is 0.944 bits per heavy atom. The summed E-state index contributed by atoms with van der Waals surface area (Å²) in [5.41, 5.74) is 0. The van der Waals surface area contributed by atoms with Gasteiger partial charge in [-0.3, -0.25) is 0 Å². The lowest BCUT2D eigenvalue weighted by Crippen LogP contribution is -2.30. The van der Waals surface area contributed by atoms with Gasteiger partial charge in [-0.05, 0) is 67.6 Å². The predicted molar refractivity (Wildman–Crippen MR) is 78.5 cm³/mol. The van der Waals surface area contributed by atoms with Crippen LogP contribution in [0.1, 0.15) is 78.1 Å². The van der Waals surface area contributed by atoms with E-state index in [0.717, 1.165) is 35.5 Å². The van der Waals surface area contributed by atoms with Crippen molar-refractivity contribution in [3.8, 4) is 0 Å². The lowest BCUT2D eigenvalue weighted by molar-refractivity contribution is 0.0990. The molecule has 0 saturated heterocycles. The van der Waals surface area contributed by atoms with E-state index in [1.54, 1.807) is 44.9 Å². The van der Waals surface area contributed by atoms with Gasteiger partial charge in [0.15, 0.2) is 0 Å². The van der Waals surface area contributed by atoms with Gasteiger partial charge in [-0.15, -0.1) is 0 Å². The summed E-state index contributed by atoms with van der Waals surface area (Å²) in [5, 5.41) is 0. The zero-order chi connectivity index (χ0) is 12.5. The van der Waals surface area contributed by atoms with Crippen molar-refractivity contribution in [1.29, 1.82) is 0 Å². The van der Waals surface area contributed by atoms with Gasteiger partial charge >= 0.3 is 0 Å². The first-order chi connectivity index (χ1) is 8.80. The van der Waals surface area contributed by atoms with Crippen LogP contribution in [0.5, 0.6) is 0 Å². The molecule has 3 atom stereocenters. The first-order valence-electron chi connectivity index (χ1n) is 8.80. The van der Waals surface area contributed by atoms with E-state index in [2.05, 4.69) is 13.8 Å². The maximum atomic E-state index is 2.43. The van der Waals surface area contributed by atoms with Gasteiger partial charge in [-0.1, -0.05) is 46.0 Å². The Morgan fingerprint density at radius 2 is 1.72 bits per heavy atom. The van der Waals surface area contributed by atoms with Crippen molar-refractivity contribution >= 4 is 0 Å². The van der Waals surface area contributed by atoms with Crippen molar-refractivity contribution in [3.05, 3.63) is 0 Å². The van der Waals surface area contributed by atoms with Crippen LogP contribution in [0.4, 0.5) is 0 Å². The first kappa shape index (κ1) is 13.0. The van der Waals surface area contributed by atoms with E-state index < -0.39 is 0 Å². The summed E-state index contributed by atoms with van der Waals surface area (Å²) < 4.78 is 0. The molecule has 0 bridgehead atoms. The lowest BCUT2D eigenvalue weighted by Gasteiger charge is -2.41. The molecule has 0 amide bonds. The SMILES string of the molecule is CCCC1CC1CC1CC(C(CC)CC2CC2)C1. The molecule has 0 heteroatoms. The van der Waals surface area contributed by atoms with Gasteiger partial charge in [0.25, 0.3) is 0 Å². The highest BCUT2D eigenvalue weighted by Crippen LogP contribution is 2.53. The molecule has 104 valence electrons. The predicted octanol–water partition coefficient (Wildman–Crippen LogP) is 5.67. The van der Waals surface area contributed by atoms with E-state index in [0.29, 0.717) is 0 Å². The maximum Gasteiger partial charge on any atom is -0.0380 e. The van der Waals surface area contributed by atoms with Crippen molar-refractivity contribution in [2.24, 2.45) is 35.5 Å². The summed E-state index contributed by atoms with van der Waals surface area (Å²) in [7, 11) is 0. The van der Waals surface area contributed by atoms with E-state index >= 15 is 0 Å². The summed E-state index contributed by atoms with van der Waals surface area (Å²) in [6.45, 7) is 4.77. The molecule has 3 rings (SSSR count). The average Bonchev–Trinajstić information content (AvgIpc) is 3.18. The van der Waals surface area contributed by atoms with Crippen molar-refractivity contribution < 1.29 is 0 Å². The van der Waals surface area contributed by atoms with Crippen LogP contribution in [0, 0.1) is 35.5 Å². The largest absolute Gasteiger partial charge is 0.0654 e. The highest BCUT2D eigenvalue weighted by atomic mass is 14.5. The minimum atomic E-state index is 1.10. The highest BCUT2D eigenvalue weighted by molar-refractivity contribution is 4.93. The molecular formula is C18H32. The molecule has 3 unspecified atom stereocenters. The fourth-order valence-corrected chi connectivity index (χ4v) is 4.59. The summed E-state index contributed by atoms with van der Waals surface area (Å²) in [5.74, 6) is 6.80. The Morgan fingerprint density at radius 3 is 2.33 bits per heavy atom. The molecule has 0 aromatic heterocycles. The van der Waals surface area contributed by atoms with E-state index in [4.69, 9.17) is 0 Å². The third-order valence-corrected chi connectivity index (χ3v) is 6.16. The van der Waals surface area contributed by atoms with Crippen LogP contribution in [0.3, 0.4) is 0 Å². The van der Waals surface area contributed by atoms with Crippen LogP contribution in [0.2, 0.25) is 0 Å². The van der Waals surface area contributed by atoms with Gasteiger partial charge in [0.1, 0.15) is 0 Å². The third-order valence-electron chi connectivity index (χ3n) is 6.16. The van der Waals surface area contributed by atoms with Gasteiger partial charge in [-0.2, -0.15) is 0 Å². The second-order valence-electron chi connectivity index (χ2n) is 7.73. The molecule has 3 saturated carbocycles. The van der Waals surface area contributed by atoms with Crippen molar-refractivity contribution in [1.82, 2.24) is 0 Å². The molecule has 0 aliphatic heterocycles. The average molecular weight is 248 g/mol. The van der Waals surface area contributed by atoms with Crippen LogP contribution in [-0.4, -0.2) is 0 Å². The monoisotopic (exact) mass is 248 g/mol. The second-order valence-corrected chi connectivity index (χ2v) is 7.73. The lowest BCUT2D eigenvalue weighted by atomic mass is 9.65. The normalized spacial score (nSPS) is 40.3. The summed E-state index contributed by atoms with van der Waals surface area (Å²) in [6.07, 6.45) is 15.4. The maximum absolute atomic E-state index is 2.43. The topological polar surface area (TPSA) is 0 Å². The summed E-state index contributed by atoms with van der Waals surface area (Å²) in [4.78, 5) is 0. The van der Waals surface area contributed by atoms with Gasteiger partial charge in [-0.25, -0.2) is 0 Å². The summed E-state index contributed by atoms with van der Waals surface area (Å²) in [6, 6.07) is 0. The number of rotatable bonds is 8. The molecule has 3 fully saturated rings. The Hall–Kier alpha value is 0. The van der Waals surface area contributed by atoms with Crippen molar-refractivity contribution in [3.63, 3.8) is 0 Å². The van der Waals surface area contributed by atoms with Crippen LogP contribution >= 0.6 is 0 Å².